The van der Waals surface area contributed by atoms with Gasteiger partial charge in [0.2, 0.25) is 0 Å². The summed E-state index contributed by atoms with van der Waals surface area (Å²) in [4.78, 5) is 18.7. The summed E-state index contributed by atoms with van der Waals surface area (Å²) >= 11 is 0. The Bertz CT molecular complexity index is 579. The summed E-state index contributed by atoms with van der Waals surface area (Å²) in [6.07, 6.45) is 3.71. The minimum absolute atomic E-state index is 0.000741. The monoisotopic (exact) mass is 256 g/mol. The Morgan fingerprint density at radius 1 is 1.42 bits per heavy atom. The van der Waals surface area contributed by atoms with Gasteiger partial charge in [0.15, 0.2) is 0 Å². The van der Waals surface area contributed by atoms with Crippen molar-refractivity contribution in [2.24, 2.45) is 0 Å². The largest absolute Gasteiger partial charge is 0.329 e. The molecule has 3 rings (SSSR count). The van der Waals surface area contributed by atoms with E-state index < -0.39 is 0 Å². The van der Waals surface area contributed by atoms with Gasteiger partial charge >= 0.3 is 0 Å². The molecule has 1 saturated heterocycles. The molecular formula is C14H16N4O. The molecule has 1 aliphatic heterocycles. The molecule has 0 aliphatic carbocycles. The van der Waals surface area contributed by atoms with Crippen LogP contribution in [-0.2, 0) is 0 Å². The molecule has 1 fully saturated rings. The van der Waals surface area contributed by atoms with Crippen molar-refractivity contribution < 1.29 is 4.79 Å². The molecule has 19 heavy (non-hydrogen) atoms. The van der Waals surface area contributed by atoms with E-state index in [1.807, 2.05) is 30.0 Å². The molecule has 1 amide bonds. The summed E-state index contributed by atoms with van der Waals surface area (Å²) in [6.45, 7) is 2.67. The minimum Gasteiger partial charge on any atom is -0.329 e. The fourth-order valence-electron chi connectivity index (χ4n) is 2.59. The van der Waals surface area contributed by atoms with Crippen LogP contribution in [0.5, 0.6) is 0 Å². The first-order valence-electron chi connectivity index (χ1n) is 6.49. The quantitative estimate of drug-likeness (QED) is 0.895. The summed E-state index contributed by atoms with van der Waals surface area (Å²) in [7, 11) is 0. The molecule has 0 radical (unpaired) electrons. The Kier molecular flexibility index (Phi) is 3.03. The normalized spacial score (nSPS) is 18.8. The number of rotatable bonds is 2. The Labute approximate surface area is 111 Å². The SMILES string of the molecule is Cc1cccc(C(=O)N2CCC[C@@H]2c2ccn[nH]2)n1. The second-order valence-electron chi connectivity index (χ2n) is 4.83. The van der Waals surface area contributed by atoms with Crippen molar-refractivity contribution in [2.45, 2.75) is 25.8 Å². The number of likely N-dealkylation sites (tertiary alicyclic amines) is 1. The van der Waals surface area contributed by atoms with Crippen molar-refractivity contribution in [3.63, 3.8) is 0 Å². The highest BCUT2D eigenvalue weighted by Gasteiger charge is 2.31. The van der Waals surface area contributed by atoms with Crippen molar-refractivity contribution in [3.05, 3.63) is 47.5 Å². The summed E-state index contributed by atoms with van der Waals surface area (Å²) in [5.41, 5.74) is 2.38. The molecule has 0 bridgehead atoms. The minimum atomic E-state index is 0.000741. The zero-order valence-electron chi connectivity index (χ0n) is 10.8. The van der Waals surface area contributed by atoms with Crippen LogP contribution in [0.4, 0.5) is 0 Å². The number of carbonyl (C=O) groups excluding carboxylic acids is 1. The van der Waals surface area contributed by atoms with Crippen LogP contribution in [0.25, 0.3) is 0 Å². The number of hydrogen-bond acceptors (Lipinski definition) is 3. The number of aromatic amines is 1. The van der Waals surface area contributed by atoms with Crippen molar-refractivity contribution in [1.82, 2.24) is 20.1 Å². The van der Waals surface area contributed by atoms with Crippen LogP contribution in [-0.4, -0.2) is 32.5 Å². The maximum Gasteiger partial charge on any atom is 0.273 e. The first-order chi connectivity index (χ1) is 9.25. The molecule has 5 nitrogen and oxygen atoms in total. The second-order valence-corrected chi connectivity index (χ2v) is 4.83. The molecule has 0 unspecified atom stereocenters. The van der Waals surface area contributed by atoms with Gasteiger partial charge in [-0.2, -0.15) is 5.10 Å². The van der Waals surface area contributed by atoms with E-state index in [0.717, 1.165) is 30.8 Å². The van der Waals surface area contributed by atoms with Crippen LogP contribution in [0.3, 0.4) is 0 Å². The summed E-state index contributed by atoms with van der Waals surface area (Å²) in [6, 6.07) is 7.57. The molecule has 0 aromatic carbocycles. The van der Waals surface area contributed by atoms with E-state index in [9.17, 15) is 4.79 Å². The lowest BCUT2D eigenvalue weighted by Crippen LogP contribution is -2.31. The fraction of sp³-hybridized carbons (Fsp3) is 0.357. The van der Waals surface area contributed by atoms with Crippen molar-refractivity contribution >= 4 is 5.91 Å². The van der Waals surface area contributed by atoms with Gasteiger partial charge in [0, 0.05) is 18.4 Å². The average Bonchev–Trinajstić information content (AvgIpc) is 3.08. The predicted molar refractivity (Wildman–Crippen MR) is 70.6 cm³/mol. The van der Waals surface area contributed by atoms with Gasteiger partial charge in [-0.15, -0.1) is 0 Å². The van der Waals surface area contributed by atoms with Gasteiger partial charge in [-0.25, -0.2) is 4.98 Å². The average molecular weight is 256 g/mol. The predicted octanol–water partition coefficient (Wildman–Crippen LogP) is 2.09. The third-order valence-corrected chi connectivity index (χ3v) is 3.50. The van der Waals surface area contributed by atoms with E-state index in [1.165, 1.54) is 0 Å². The maximum atomic E-state index is 12.5. The van der Waals surface area contributed by atoms with Crippen LogP contribution in [0.15, 0.2) is 30.5 Å². The number of amides is 1. The molecule has 2 aromatic heterocycles. The van der Waals surface area contributed by atoms with Crippen molar-refractivity contribution in [3.8, 4) is 0 Å². The number of nitrogens with one attached hydrogen (secondary N) is 1. The molecule has 3 heterocycles. The Morgan fingerprint density at radius 2 is 2.32 bits per heavy atom. The first kappa shape index (κ1) is 11.9. The highest BCUT2D eigenvalue weighted by molar-refractivity contribution is 5.92. The van der Waals surface area contributed by atoms with Crippen LogP contribution < -0.4 is 0 Å². The number of hydrogen-bond donors (Lipinski definition) is 1. The molecule has 0 spiro atoms. The molecule has 1 aliphatic rings. The summed E-state index contributed by atoms with van der Waals surface area (Å²) in [5, 5.41) is 6.93. The van der Waals surface area contributed by atoms with Gasteiger partial charge in [-0.3, -0.25) is 9.89 Å². The van der Waals surface area contributed by atoms with Crippen LogP contribution >= 0.6 is 0 Å². The van der Waals surface area contributed by atoms with Gasteiger partial charge in [0.05, 0.1) is 11.7 Å². The molecule has 5 heteroatoms. The lowest BCUT2D eigenvalue weighted by atomic mass is 10.1. The highest BCUT2D eigenvalue weighted by atomic mass is 16.2. The van der Waals surface area contributed by atoms with E-state index in [4.69, 9.17) is 0 Å². The molecule has 2 aromatic rings. The van der Waals surface area contributed by atoms with Gasteiger partial charge in [0.25, 0.3) is 5.91 Å². The topological polar surface area (TPSA) is 61.9 Å². The summed E-state index contributed by atoms with van der Waals surface area (Å²) < 4.78 is 0. The summed E-state index contributed by atoms with van der Waals surface area (Å²) in [5.74, 6) is 0.000741. The number of carbonyl (C=O) groups is 1. The highest BCUT2D eigenvalue weighted by Crippen LogP contribution is 2.31. The van der Waals surface area contributed by atoms with E-state index in [-0.39, 0.29) is 11.9 Å². The van der Waals surface area contributed by atoms with E-state index in [2.05, 4.69) is 15.2 Å². The number of pyridine rings is 1. The molecule has 98 valence electrons. The standard InChI is InChI=1S/C14H16N4O/c1-10-4-2-5-12(16-10)14(19)18-9-3-6-13(18)11-7-8-15-17-11/h2,4-5,7-8,13H,3,6,9H2,1H3,(H,15,17)/t13-/m1/s1. The second kappa shape index (κ2) is 4.84. The first-order valence-corrected chi connectivity index (χ1v) is 6.49. The number of H-pyrrole nitrogens is 1. The Morgan fingerprint density at radius 3 is 3.05 bits per heavy atom. The third kappa shape index (κ3) is 2.23. The van der Waals surface area contributed by atoms with Gasteiger partial charge < -0.3 is 4.90 Å². The Balaban J connectivity index is 1.87. The van der Waals surface area contributed by atoms with E-state index in [0.29, 0.717) is 5.69 Å². The van der Waals surface area contributed by atoms with Crippen LogP contribution in [0, 0.1) is 6.92 Å². The zero-order chi connectivity index (χ0) is 13.2. The fourth-order valence-corrected chi connectivity index (χ4v) is 2.59. The smallest absolute Gasteiger partial charge is 0.273 e. The van der Waals surface area contributed by atoms with Crippen molar-refractivity contribution in [1.29, 1.82) is 0 Å². The van der Waals surface area contributed by atoms with E-state index in [1.54, 1.807) is 12.3 Å². The third-order valence-electron chi connectivity index (χ3n) is 3.50. The molecule has 0 saturated carbocycles. The van der Waals surface area contributed by atoms with Crippen LogP contribution in [0.2, 0.25) is 0 Å². The van der Waals surface area contributed by atoms with Crippen LogP contribution in [0.1, 0.15) is 40.8 Å². The molecular weight excluding hydrogens is 240 g/mol. The van der Waals surface area contributed by atoms with Gasteiger partial charge in [-0.1, -0.05) is 6.07 Å². The Hall–Kier alpha value is -2.17. The zero-order valence-corrected chi connectivity index (χ0v) is 10.8. The lowest BCUT2D eigenvalue weighted by molar-refractivity contribution is 0.0726. The molecule has 1 atom stereocenters. The number of aryl methyl sites for hydroxylation is 1. The van der Waals surface area contributed by atoms with Gasteiger partial charge in [-0.05, 0) is 38.0 Å². The number of aromatic nitrogens is 3. The lowest BCUT2D eigenvalue weighted by Gasteiger charge is -2.23. The van der Waals surface area contributed by atoms with E-state index >= 15 is 0 Å². The number of nitrogens with zero attached hydrogens (tertiary/aromatic N) is 3. The van der Waals surface area contributed by atoms with Crippen molar-refractivity contribution in [2.75, 3.05) is 6.54 Å². The van der Waals surface area contributed by atoms with Gasteiger partial charge in [0.1, 0.15) is 5.69 Å². The molecule has 1 N–H and O–H groups in total. The maximum absolute atomic E-state index is 12.5.